The molecular weight excluding hydrogens is 386 g/mol. The standard InChI is InChI=1S/C25H25N5O/c1-18-7-6-8-19(17-18)23(22-11-4-5-12-26-22)29-24-25(30-13-15-31-16-14-30)28-21-10-3-2-9-20(21)27-24/h2-12,17,23H,13-16H2,1H3,(H,27,29). The summed E-state index contributed by atoms with van der Waals surface area (Å²) in [5, 5.41) is 3.68. The van der Waals surface area contributed by atoms with E-state index in [9.17, 15) is 0 Å². The van der Waals surface area contributed by atoms with Crippen molar-refractivity contribution in [1.82, 2.24) is 15.0 Å². The number of morpholine rings is 1. The largest absolute Gasteiger partial charge is 0.378 e. The highest BCUT2D eigenvalue weighted by Crippen LogP contribution is 2.31. The topological polar surface area (TPSA) is 63.2 Å². The molecular formula is C25H25N5O. The van der Waals surface area contributed by atoms with Crippen molar-refractivity contribution in [2.45, 2.75) is 13.0 Å². The minimum absolute atomic E-state index is 0.142. The maximum absolute atomic E-state index is 5.56. The zero-order chi connectivity index (χ0) is 21.0. The van der Waals surface area contributed by atoms with Crippen LogP contribution in [0.25, 0.3) is 11.0 Å². The number of rotatable bonds is 5. The van der Waals surface area contributed by atoms with Crippen LogP contribution in [0.3, 0.4) is 0 Å². The van der Waals surface area contributed by atoms with Crippen LogP contribution in [-0.2, 0) is 4.74 Å². The molecule has 1 fully saturated rings. The summed E-state index contributed by atoms with van der Waals surface area (Å²) in [6, 6.07) is 22.4. The highest BCUT2D eigenvalue weighted by atomic mass is 16.5. The Morgan fingerprint density at radius 1 is 0.903 bits per heavy atom. The monoisotopic (exact) mass is 411 g/mol. The van der Waals surface area contributed by atoms with Crippen molar-refractivity contribution in [3.63, 3.8) is 0 Å². The van der Waals surface area contributed by atoms with Gasteiger partial charge in [-0.1, -0.05) is 48.0 Å². The van der Waals surface area contributed by atoms with Gasteiger partial charge in [0.2, 0.25) is 0 Å². The molecule has 0 radical (unpaired) electrons. The molecule has 156 valence electrons. The van der Waals surface area contributed by atoms with E-state index >= 15 is 0 Å². The van der Waals surface area contributed by atoms with Crippen LogP contribution in [0.15, 0.2) is 72.9 Å². The van der Waals surface area contributed by atoms with Crippen molar-refractivity contribution in [3.8, 4) is 0 Å². The van der Waals surface area contributed by atoms with Gasteiger partial charge in [-0.05, 0) is 36.8 Å². The summed E-state index contributed by atoms with van der Waals surface area (Å²) in [5.74, 6) is 1.62. The van der Waals surface area contributed by atoms with Gasteiger partial charge in [-0.15, -0.1) is 0 Å². The van der Waals surface area contributed by atoms with E-state index in [4.69, 9.17) is 14.7 Å². The lowest BCUT2D eigenvalue weighted by Crippen LogP contribution is -2.37. The van der Waals surface area contributed by atoms with E-state index in [1.807, 2.05) is 48.7 Å². The number of aromatic nitrogens is 3. The van der Waals surface area contributed by atoms with E-state index in [1.54, 1.807) is 0 Å². The molecule has 0 spiro atoms. The number of ether oxygens (including phenoxy) is 1. The summed E-state index contributed by atoms with van der Waals surface area (Å²) >= 11 is 0. The van der Waals surface area contributed by atoms with Crippen molar-refractivity contribution in [2.24, 2.45) is 0 Å². The Kier molecular flexibility index (Phi) is 5.46. The summed E-state index contributed by atoms with van der Waals surface area (Å²) in [6.45, 7) is 5.07. The van der Waals surface area contributed by atoms with E-state index in [0.717, 1.165) is 47.0 Å². The maximum atomic E-state index is 5.56. The minimum atomic E-state index is -0.142. The summed E-state index contributed by atoms with van der Waals surface area (Å²) < 4.78 is 5.56. The third-order valence-electron chi connectivity index (χ3n) is 5.50. The molecule has 2 aromatic heterocycles. The van der Waals surface area contributed by atoms with Crippen LogP contribution in [0.5, 0.6) is 0 Å². The van der Waals surface area contributed by atoms with Gasteiger partial charge in [-0.2, -0.15) is 0 Å². The highest BCUT2D eigenvalue weighted by Gasteiger charge is 2.23. The zero-order valence-electron chi connectivity index (χ0n) is 17.5. The van der Waals surface area contributed by atoms with Gasteiger partial charge in [0, 0.05) is 19.3 Å². The third kappa shape index (κ3) is 4.20. The molecule has 2 aromatic carbocycles. The number of hydrogen-bond acceptors (Lipinski definition) is 6. The fourth-order valence-electron chi connectivity index (χ4n) is 3.94. The molecule has 1 aliphatic rings. The molecule has 1 aliphatic heterocycles. The van der Waals surface area contributed by atoms with Crippen LogP contribution >= 0.6 is 0 Å². The number of nitrogens with zero attached hydrogens (tertiary/aromatic N) is 4. The normalized spacial score (nSPS) is 15.1. The second-order valence-electron chi connectivity index (χ2n) is 7.73. The average Bonchev–Trinajstić information content (AvgIpc) is 2.83. The molecule has 6 heteroatoms. The SMILES string of the molecule is Cc1cccc(C(Nc2nc3ccccc3nc2N2CCOCC2)c2ccccn2)c1. The Hall–Kier alpha value is -3.51. The zero-order valence-corrected chi connectivity index (χ0v) is 17.5. The van der Waals surface area contributed by atoms with Crippen molar-refractivity contribution >= 4 is 22.7 Å². The molecule has 1 N–H and O–H groups in total. The molecule has 31 heavy (non-hydrogen) atoms. The molecule has 3 heterocycles. The van der Waals surface area contributed by atoms with Crippen molar-refractivity contribution < 1.29 is 4.74 Å². The minimum Gasteiger partial charge on any atom is -0.378 e. The summed E-state index contributed by atoms with van der Waals surface area (Å²) in [5.41, 5.74) is 5.04. The van der Waals surface area contributed by atoms with E-state index in [2.05, 4.69) is 46.4 Å². The second kappa shape index (κ2) is 8.70. The van der Waals surface area contributed by atoms with Gasteiger partial charge < -0.3 is 15.0 Å². The number of pyridine rings is 1. The van der Waals surface area contributed by atoms with Gasteiger partial charge >= 0.3 is 0 Å². The summed E-state index contributed by atoms with van der Waals surface area (Å²) in [4.78, 5) is 16.9. The van der Waals surface area contributed by atoms with Crippen molar-refractivity contribution in [2.75, 3.05) is 36.5 Å². The van der Waals surface area contributed by atoms with Crippen LogP contribution in [0.2, 0.25) is 0 Å². The molecule has 6 nitrogen and oxygen atoms in total. The maximum Gasteiger partial charge on any atom is 0.172 e. The first-order valence-electron chi connectivity index (χ1n) is 10.6. The van der Waals surface area contributed by atoms with Gasteiger partial charge in [0.25, 0.3) is 0 Å². The Morgan fingerprint density at radius 2 is 1.68 bits per heavy atom. The van der Waals surface area contributed by atoms with Crippen LogP contribution < -0.4 is 10.2 Å². The predicted molar refractivity (Wildman–Crippen MR) is 123 cm³/mol. The summed E-state index contributed by atoms with van der Waals surface area (Å²) in [7, 11) is 0. The van der Waals surface area contributed by atoms with Crippen LogP contribution in [0.1, 0.15) is 22.9 Å². The van der Waals surface area contributed by atoms with Crippen LogP contribution in [-0.4, -0.2) is 41.3 Å². The number of aryl methyl sites for hydroxylation is 1. The molecule has 4 aromatic rings. The molecule has 0 saturated carbocycles. The van der Waals surface area contributed by atoms with Crippen molar-refractivity contribution in [1.29, 1.82) is 0 Å². The van der Waals surface area contributed by atoms with E-state index < -0.39 is 0 Å². The van der Waals surface area contributed by atoms with Gasteiger partial charge in [0.15, 0.2) is 11.6 Å². The average molecular weight is 412 g/mol. The first-order chi connectivity index (χ1) is 15.3. The molecule has 0 bridgehead atoms. The molecule has 0 aliphatic carbocycles. The van der Waals surface area contributed by atoms with Gasteiger partial charge in [-0.3, -0.25) is 4.98 Å². The van der Waals surface area contributed by atoms with Gasteiger partial charge in [0.1, 0.15) is 0 Å². The Bertz CT molecular complexity index is 1170. The predicted octanol–water partition coefficient (Wildman–Crippen LogP) is 4.37. The van der Waals surface area contributed by atoms with Gasteiger partial charge in [0.05, 0.1) is 36.0 Å². The van der Waals surface area contributed by atoms with E-state index in [-0.39, 0.29) is 6.04 Å². The first-order valence-corrected chi connectivity index (χ1v) is 10.6. The number of benzene rings is 2. The Morgan fingerprint density at radius 3 is 2.42 bits per heavy atom. The lowest BCUT2D eigenvalue weighted by atomic mass is 10.0. The summed E-state index contributed by atoms with van der Waals surface area (Å²) in [6.07, 6.45) is 1.83. The molecule has 1 unspecified atom stereocenters. The van der Waals surface area contributed by atoms with E-state index in [0.29, 0.717) is 13.2 Å². The van der Waals surface area contributed by atoms with Crippen LogP contribution in [0.4, 0.5) is 11.6 Å². The highest BCUT2D eigenvalue weighted by molar-refractivity contribution is 5.80. The van der Waals surface area contributed by atoms with Crippen LogP contribution in [0, 0.1) is 6.92 Å². The number of fused-ring (bicyclic) bond motifs is 1. The number of anilines is 2. The number of para-hydroxylation sites is 2. The Labute approximate surface area is 181 Å². The molecule has 1 saturated heterocycles. The van der Waals surface area contributed by atoms with Gasteiger partial charge in [-0.25, -0.2) is 9.97 Å². The lowest BCUT2D eigenvalue weighted by molar-refractivity contribution is 0.122. The fraction of sp³-hybridized carbons (Fsp3) is 0.240. The Balaban J connectivity index is 1.62. The number of hydrogen-bond donors (Lipinski definition) is 1. The molecule has 1 atom stereocenters. The van der Waals surface area contributed by atoms with Crippen molar-refractivity contribution in [3.05, 3.63) is 89.7 Å². The lowest BCUT2D eigenvalue weighted by Gasteiger charge is -2.30. The van der Waals surface area contributed by atoms with E-state index in [1.165, 1.54) is 5.56 Å². The molecule has 0 amide bonds. The smallest absolute Gasteiger partial charge is 0.172 e. The fourth-order valence-corrected chi connectivity index (χ4v) is 3.94. The first kappa shape index (κ1) is 19.5. The quantitative estimate of drug-likeness (QED) is 0.526. The second-order valence-corrected chi connectivity index (χ2v) is 7.73. The molecule has 5 rings (SSSR count). The third-order valence-corrected chi connectivity index (χ3v) is 5.50. The number of nitrogens with one attached hydrogen (secondary N) is 1.